The molecule has 0 spiro atoms. The number of para-hydroxylation sites is 2. The molecule has 2 aromatic heterocycles. The molecular weight excluding hydrogens is 343 g/mol. The molecule has 0 saturated carbocycles. The number of pyridine rings is 1. The number of fused-ring (bicyclic) bond motifs is 1. The first kappa shape index (κ1) is 16.9. The molecule has 0 bridgehead atoms. The van der Waals surface area contributed by atoms with E-state index < -0.39 is 0 Å². The molecule has 2 aromatic carbocycles. The molecule has 1 N–H and O–H groups in total. The van der Waals surface area contributed by atoms with Crippen molar-refractivity contribution in [1.82, 2.24) is 19.9 Å². The summed E-state index contributed by atoms with van der Waals surface area (Å²) in [6, 6.07) is 19.3. The lowest BCUT2D eigenvalue weighted by molar-refractivity contribution is -0.121. The summed E-state index contributed by atoms with van der Waals surface area (Å²) in [5, 5.41) is 2.87. The average Bonchev–Trinajstić information content (AvgIpc) is 3.07. The molecule has 0 saturated heterocycles. The molecule has 134 valence electrons. The molecule has 0 radical (unpaired) electrons. The van der Waals surface area contributed by atoms with Gasteiger partial charge in [0.2, 0.25) is 5.91 Å². The van der Waals surface area contributed by atoms with E-state index in [1.165, 1.54) is 12.1 Å². The topological polar surface area (TPSA) is 59.8 Å². The minimum Gasteiger partial charge on any atom is -0.350 e. The van der Waals surface area contributed by atoms with Crippen molar-refractivity contribution in [2.45, 2.75) is 13.1 Å². The van der Waals surface area contributed by atoms with Crippen LogP contribution in [0.15, 0.2) is 72.9 Å². The number of imidazole rings is 1. The van der Waals surface area contributed by atoms with Crippen molar-refractivity contribution < 1.29 is 9.18 Å². The van der Waals surface area contributed by atoms with E-state index in [0.717, 1.165) is 16.6 Å². The SMILES string of the molecule is O=C(Cn1c(-c2ccccn2)nc2ccccc21)NCc1ccc(F)cc1. The molecule has 0 aliphatic carbocycles. The minimum absolute atomic E-state index is 0.119. The van der Waals surface area contributed by atoms with Crippen molar-refractivity contribution in [1.29, 1.82) is 0 Å². The Morgan fingerprint density at radius 3 is 2.56 bits per heavy atom. The van der Waals surface area contributed by atoms with Gasteiger partial charge in [-0.15, -0.1) is 0 Å². The number of amides is 1. The van der Waals surface area contributed by atoms with Gasteiger partial charge in [-0.05, 0) is 42.0 Å². The van der Waals surface area contributed by atoms with Crippen LogP contribution in [0.5, 0.6) is 0 Å². The zero-order valence-corrected chi connectivity index (χ0v) is 14.5. The van der Waals surface area contributed by atoms with Gasteiger partial charge >= 0.3 is 0 Å². The van der Waals surface area contributed by atoms with E-state index in [2.05, 4.69) is 15.3 Å². The Labute approximate surface area is 155 Å². The van der Waals surface area contributed by atoms with E-state index in [-0.39, 0.29) is 18.3 Å². The maximum Gasteiger partial charge on any atom is 0.240 e. The average molecular weight is 360 g/mol. The second kappa shape index (κ2) is 7.37. The fourth-order valence-electron chi connectivity index (χ4n) is 2.93. The second-order valence-corrected chi connectivity index (χ2v) is 6.13. The lowest BCUT2D eigenvalue weighted by Gasteiger charge is -2.10. The smallest absolute Gasteiger partial charge is 0.240 e. The highest BCUT2D eigenvalue weighted by Gasteiger charge is 2.15. The van der Waals surface area contributed by atoms with Crippen LogP contribution in [-0.2, 0) is 17.9 Å². The maximum atomic E-state index is 13.0. The van der Waals surface area contributed by atoms with E-state index in [1.54, 1.807) is 18.3 Å². The maximum absolute atomic E-state index is 13.0. The summed E-state index contributed by atoms with van der Waals surface area (Å²) in [5.74, 6) is 0.198. The van der Waals surface area contributed by atoms with Crippen LogP contribution in [0.2, 0.25) is 0 Å². The quantitative estimate of drug-likeness (QED) is 0.592. The van der Waals surface area contributed by atoms with Gasteiger partial charge in [-0.3, -0.25) is 9.78 Å². The minimum atomic E-state index is -0.296. The summed E-state index contributed by atoms with van der Waals surface area (Å²) in [6.45, 7) is 0.457. The van der Waals surface area contributed by atoms with Gasteiger partial charge in [0.15, 0.2) is 5.82 Å². The Bertz CT molecular complexity index is 1070. The van der Waals surface area contributed by atoms with Crippen LogP contribution < -0.4 is 5.32 Å². The largest absolute Gasteiger partial charge is 0.350 e. The normalized spacial score (nSPS) is 10.9. The Kier molecular flexibility index (Phi) is 4.61. The fraction of sp³-hybridized carbons (Fsp3) is 0.0952. The molecule has 4 aromatic rings. The van der Waals surface area contributed by atoms with Crippen molar-refractivity contribution >= 4 is 16.9 Å². The van der Waals surface area contributed by atoms with Crippen LogP contribution in [0.25, 0.3) is 22.6 Å². The summed E-state index contributed by atoms with van der Waals surface area (Å²) in [6.07, 6.45) is 1.70. The van der Waals surface area contributed by atoms with Crippen molar-refractivity contribution in [3.8, 4) is 11.5 Å². The Hall–Kier alpha value is -3.54. The number of rotatable bonds is 5. The van der Waals surface area contributed by atoms with Gasteiger partial charge in [0.1, 0.15) is 18.1 Å². The number of halogens is 1. The molecule has 1 amide bonds. The van der Waals surface area contributed by atoms with E-state index in [4.69, 9.17) is 0 Å². The molecule has 0 fully saturated rings. The molecule has 5 nitrogen and oxygen atoms in total. The first-order valence-corrected chi connectivity index (χ1v) is 8.58. The number of benzene rings is 2. The molecule has 27 heavy (non-hydrogen) atoms. The molecule has 0 aliphatic heterocycles. The number of carbonyl (C=O) groups is 1. The summed E-state index contributed by atoms with van der Waals surface area (Å²) >= 11 is 0. The van der Waals surface area contributed by atoms with Crippen LogP contribution in [-0.4, -0.2) is 20.4 Å². The molecular formula is C21H17FN4O. The van der Waals surface area contributed by atoms with E-state index in [9.17, 15) is 9.18 Å². The third kappa shape index (κ3) is 3.69. The van der Waals surface area contributed by atoms with Crippen LogP contribution in [0.3, 0.4) is 0 Å². The van der Waals surface area contributed by atoms with Gasteiger partial charge in [0, 0.05) is 12.7 Å². The highest BCUT2D eigenvalue weighted by Crippen LogP contribution is 2.23. The van der Waals surface area contributed by atoms with Gasteiger partial charge in [0.05, 0.1) is 11.0 Å². The highest BCUT2D eigenvalue weighted by molar-refractivity contribution is 5.84. The number of nitrogens with zero attached hydrogens (tertiary/aromatic N) is 3. The molecule has 0 unspecified atom stereocenters. The number of aromatic nitrogens is 3. The summed E-state index contributed by atoms with van der Waals surface area (Å²) in [4.78, 5) is 21.5. The van der Waals surface area contributed by atoms with Gasteiger partial charge in [-0.25, -0.2) is 9.37 Å². The molecule has 0 atom stereocenters. The number of hydrogen-bond donors (Lipinski definition) is 1. The van der Waals surface area contributed by atoms with E-state index in [0.29, 0.717) is 18.1 Å². The number of nitrogens with one attached hydrogen (secondary N) is 1. The zero-order chi connectivity index (χ0) is 18.6. The molecule has 4 rings (SSSR count). The van der Waals surface area contributed by atoms with Crippen molar-refractivity contribution in [2.24, 2.45) is 0 Å². The Morgan fingerprint density at radius 1 is 1.00 bits per heavy atom. The first-order valence-electron chi connectivity index (χ1n) is 8.58. The van der Waals surface area contributed by atoms with Gasteiger partial charge < -0.3 is 9.88 Å². The van der Waals surface area contributed by atoms with Crippen LogP contribution >= 0.6 is 0 Å². The van der Waals surface area contributed by atoms with E-state index >= 15 is 0 Å². The number of hydrogen-bond acceptors (Lipinski definition) is 3. The lowest BCUT2D eigenvalue weighted by Crippen LogP contribution is -2.27. The van der Waals surface area contributed by atoms with Gasteiger partial charge in [-0.2, -0.15) is 0 Å². The summed E-state index contributed by atoms with van der Waals surface area (Å²) < 4.78 is 14.8. The number of carbonyl (C=O) groups excluding carboxylic acids is 1. The van der Waals surface area contributed by atoms with Crippen LogP contribution in [0.1, 0.15) is 5.56 Å². The predicted molar refractivity (Wildman–Crippen MR) is 101 cm³/mol. The summed E-state index contributed by atoms with van der Waals surface area (Å²) in [7, 11) is 0. The standard InChI is InChI=1S/C21H17FN4O/c22-16-10-8-15(9-11-16)13-24-20(27)14-26-19-7-2-1-5-17(19)25-21(26)18-6-3-4-12-23-18/h1-12H,13-14H2,(H,24,27). The zero-order valence-electron chi connectivity index (χ0n) is 14.5. The Balaban J connectivity index is 1.59. The molecule has 0 aliphatic rings. The predicted octanol–water partition coefficient (Wildman–Crippen LogP) is 3.55. The van der Waals surface area contributed by atoms with Crippen LogP contribution in [0, 0.1) is 5.82 Å². The first-order chi connectivity index (χ1) is 13.2. The van der Waals surface area contributed by atoms with Crippen molar-refractivity contribution in [2.75, 3.05) is 0 Å². The monoisotopic (exact) mass is 360 g/mol. The Morgan fingerprint density at radius 2 is 1.78 bits per heavy atom. The molecule has 2 heterocycles. The van der Waals surface area contributed by atoms with Crippen molar-refractivity contribution in [3.63, 3.8) is 0 Å². The summed E-state index contributed by atoms with van der Waals surface area (Å²) in [5.41, 5.74) is 3.23. The highest BCUT2D eigenvalue weighted by atomic mass is 19.1. The van der Waals surface area contributed by atoms with Crippen LogP contribution in [0.4, 0.5) is 4.39 Å². The van der Waals surface area contributed by atoms with Gasteiger partial charge in [0.25, 0.3) is 0 Å². The second-order valence-electron chi connectivity index (χ2n) is 6.13. The third-order valence-electron chi connectivity index (χ3n) is 4.25. The van der Waals surface area contributed by atoms with Crippen molar-refractivity contribution in [3.05, 3.63) is 84.3 Å². The third-order valence-corrected chi connectivity index (χ3v) is 4.25. The van der Waals surface area contributed by atoms with Gasteiger partial charge in [-0.1, -0.05) is 30.3 Å². The fourth-order valence-corrected chi connectivity index (χ4v) is 2.93. The molecule has 6 heteroatoms. The lowest BCUT2D eigenvalue weighted by atomic mass is 10.2. The van der Waals surface area contributed by atoms with E-state index in [1.807, 2.05) is 47.0 Å².